The molecule has 2 fully saturated rings. The molecule has 1 unspecified atom stereocenters. The minimum Gasteiger partial charge on any atom is -0.508 e. The van der Waals surface area contributed by atoms with Crippen molar-refractivity contribution in [1.29, 1.82) is 0 Å². The number of phenolic OH excluding ortho intramolecular Hbond substituents is 1. The summed E-state index contributed by atoms with van der Waals surface area (Å²) in [6, 6.07) is 14.9. The molecule has 2 aliphatic rings. The van der Waals surface area contributed by atoms with Gasteiger partial charge in [-0.15, -0.1) is 0 Å². The Balaban J connectivity index is 1.33. The lowest BCUT2D eigenvalue weighted by Gasteiger charge is -2.32. The van der Waals surface area contributed by atoms with Crippen LogP contribution in [0.15, 0.2) is 48.5 Å². The smallest absolute Gasteiger partial charge is 0.253 e. The van der Waals surface area contributed by atoms with Crippen LogP contribution in [0.25, 0.3) is 0 Å². The first-order valence-corrected chi connectivity index (χ1v) is 10.1. The number of piperidine rings is 1. The van der Waals surface area contributed by atoms with E-state index in [0.717, 1.165) is 51.1 Å². The molecule has 0 saturated carbocycles. The highest BCUT2D eigenvalue weighted by atomic mass is 16.5. The van der Waals surface area contributed by atoms with Crippen molar-refractivity contribution in [3.63, 3.8) is 0 Å². The summed E-state index contributed by atoms with van der Waals surface area (Å²) < 4.78 is 11.4. The van der Waals surface area contributed by atoms with Crippen LogP contribution in [-0.2, 0) is 4.74 Å². The molecule has 2 saturated heterocycles. The maximum absolute atomic E-state index is 12.9. The number of rotatable bonds is 5. The van der Waals surface area contributed by atoms with E-state index < -0.39 is 0 Å². The molecule has 148 valence electrons. The van der Waals surface area contributed by atoms with E-state index in [1.165, 1.54) is 5.56 Å². The van der Waals surface area contributed by atoms with Gasteiger partial charge < -0.3 is 19.5 Å². The van der Waals surface area contributed by atoms with Gasteiger partial charge in [0.05, 0.1) is 6.10 Å². The van der Waals surface area contributed by atoms with Gasteiger partial charge in [-0.25, -0.2) is 0 Å². The molecule has 2 aromatic rings. The summed E-state index contributed by atoms with van der Waals surface area (Å²) >= 11 is 0. The quantitative estimate of drug-likeness (QED) is 0.851. The first-order chi connectivity index (χ1) is 13.7. The van der Waals surface area contributed by atoms with E-state index >= 15 is 0 Å². The molecule has 5 nitrogen and oxygen atoms in total. The number of amides is 1. The van der Waals surface area contributed by atoms with Gasteiger partial charge in [-0.1, -0.05) is 18.2 Å². The number of hydrogen-bond acceptors (Lipinski definition) is 4. The lowest BCUT2D eigenvalue weighted by Crippen LogP contribution is -2.37. The molecule has 2 aliphatic heterocycles. The van der Waals surface area contributed by atoms with Crippen LogP contribution in [0.2, 0.25) is 0 Å². The van der Waals surface area contributed by atoms with E-state index in [9.17, 15) is 9.90 Å². The summed E-state index contributed by atoms with van der Waals surface area (Å²) in [7, 11) is 0. The third-order valence-electron chi connectivity index (χ3n) is 5.69. The van der Waals surface area contributed by atoms with Crippen LogP contribution in [0.5, 0.6) is 11.5 Å². The van der Waals surface area contributed by atoms with Gasteiger partial charge in [0.25, 0.3) is 5.91 Å². The van der Waals surface area contributed by atoms with E-state index in [4.69, 9.17) is 9.47 Å². The fourth-order valence-electron chi connectivity index (χ4n) is 4.03. The molecule has 2 aromatic carbocycles. The van der Waals surface area contributed by atoms with Crippen molar-refractivity contribution in [2.75, 3.05) is 26.3 Å². The number of likely N-dealkylation sites (tertiary alicyclic amines) is 1. The zero-order valence-electron chi connectivity index (χ0n) is 16.0. The van der Waals surface area contributed by atoms with Gasteiger partial charge >= 0.3 is 0 Å². The number of carbonyl (C=O) groups excluding carboxylic acids is 1. The molecule has 1 amide bonds. The fraction of sp³-hybridized carbons (Fsp3) is 0.435. The Hall–Kier alpha value is -2.53. The number of nitrogens with zero attached hydrogens (tertiary/aromatic N) is 1. The number of hydrogen-bond donors (Lipinski definition) is 1. The lowest BCUT2D eigenvalue weighted by molar-refractivity contribution is 0.0675. The standard InChI is InChI=1S/C23H27NO4/c25-20-8-6-17(7-9-20)18-10-12-24(13-11-18)23(26)19-3-1-4-21(15-19)28-16-22-5-2-14-27-22/h1,3-4,6-9,15,18,22,25H,2,5,10-14,16H2. The van der Waals surface area contributed by atoms with Crippen LogP contribution in [0.1, 0.15) is 47.5 Å². The van der Waals surface area contributed by atoms with Crippen molar-refractivity contribution in [3.8, 4) is 11.5 Å². The Bertz CT molecular complexity index is 791. The van der Waals surface area contributed by atoms with E-state index in [1.54, 1.807) is 12.1 Å². The molecule has 28 heavy (non-hydrogen) atoms. The van der Waals surface area contributed by atoms with Gasteiger partial charge in [-0.3, -0.25) is 4.79 Å². The molecule has 0 spiro atoms. The largest absolute Gasteiger partial charge is 0.508 e. The Morgan fingerprint density at radius 1 is 1.11 bits per heavy atom. The first kappa shape index (κ1) is 18.8. The Kier molecular flexibility index (Phi) is 5.81. The fourth-order valence-corrected chi connectivity index (χ4v) is 4.03. The second-order valence-electron chi connectivity index (χ2n) is 7.63. The highest BCUT2D eigenvalue weighted by Gasteiger charge is 2.25. The SMILES string of the molecule is O=C(c1cccc(OCC2CCCO2)c1)N1CCC(c2ccc(O)cc2)CC1. The molecule has 1 atom stereocenters. The highest BCUT2D eigenvalue weighted by molar-refractivity contribution is 5.94. The summed E-state index contributed by atoms with van der Waals surface area (Å²) in [5, 5.41) is 9.45. The third kappa shape index (κ3) is 4.47. The second-order valence-corrected chi connectivity index (χ2v) is 7.63. The maximum Gasteiger partial charge on any atom is 0.253 e. The summed E-state index contributed by atoms with van der Waals surface area (Å²) in [6.45, 7) is 2.83. The van der Waals surface area contributed by atoms with E-state index in [2.05, 4.69) is 0 Å². The molecule has 1 N–H and O–H groups in total. The monoisotopic (exact) mass is 381 g/mol. The number of ether oxygens (including phenoxy) is 2. The van der Waals surface area contributed by atoms with E-state index in [-0.39, 0.29) is 17.8 Å². The molecule has 5 heteroatoms. The van der Waals surface area contributed by atoms with Gasteiger partial charge in [-0.05, 0) is 67.5 Å². The molecule has 4 rings (SSSR count). The van der Waals surface area contributed by atoms with Gasteiger partial charge in [-0.2, -0.15) is 0 Å². The zero-order chi connectivity index (χ0) is 19.3. The van der Waals surface area contributed by atoms with Crippen LogP contribution in [0.3, 0.4) is 0 Å². The summed E-state index contributed by atoms with van der Waals surface area (Å²) in [5.74, 6) is 1.51. The summed E-state index contributed by atoms with van der Waals surface area (Å²) in [6.07, 6.45) is 4.16. The van der Waals surface area contributed by atoms with Crippen molar-refractivity contribution in [1.82, 2.24) is 4.90 Å². The molecule has 2 heterocycles. The normalized spacial score (nSPS) is 20.3. The van der Waals surface area contributed by atoms with Crippen LogP contribution >= 0.6 is 0 Å². The van der Waals surface area contributed by atoms with Gasteiger partial charge in [0.15, 0.2) is 0 Å². The minimum absolute atomic E-state index is 0.0618. The summed E-state index contributed by atoms with van der Waals surface area (Å²) in [5.41, 5.74) is 1.90. The van der Waals surface area contributed by atoms with Crippen molar-refractivity contribution in [2.24, 2.45) is 0 Å². The Morgan fingerprint density at radius 2 is 1.89 bits per heavy atom. The highest BCUT2D eigenvalue weighted by Crippen LogP contribution is 2.30. The first-order valence-electron chi connectivity index (χ1n) is 10.1. The second kappa shape index (κ2) is 8.65. The Labute approximate surface area is 165 Å². The zero-order valence-corrected chi connectivity index (χ0v) is 16.0. The van der Waals surface area contributed by atoms with Crippen molar-refractivity contribution in [3.05, 3.63) is 59.7 Å². The van der Waals surface area contributed by atoms with Gasteiger partial charge in [0.1, 0.15) is 18.1 Å². The van der Waals surface area contributed by atoms with Crippen LogP contribution < -0.4 is 4.74 Å². The Morgan fingerprint density at radius 3 is 2.61 bits per heavy atom. The molecule has 0 aliphatic carbocycles. The average Bonchev–Trinajstić information content (AvgIpc) is 3.26. The van der Waals surface area contributed by atoms with Gasteiger partial charge in [0.2, 0.25) is 0 Å². The number of phenols is 1. The molecular weight excluding hydrogens is 354 g/mol. The van der Waals surface area contributed by atoms with Crippen LogP contribution in [-0.4, -0.2) is 48.3 Å². The van der Waals surface area contributed by atoms with Crippen LogP contribution in [0.4, 0.5) is 0 Å². The predicted molar refractivity (Wildman–Crippen MR) is 107 cm³/mol. The van der Waals surface area contributed by atoms with Crippen LogP contribution in [0, 0.1) is 0 Å². The van der Waals surface area contributed by atoms with E-state index in [0.29, 0.717) is 18.1 Å². The predicted octanol–water partition coefficient (Wildman–Crippen LogP) is 3.97. The molecule has 0 radical (unpaired) electrons. The topological polar surface area (TPSA) is 59.0 Å². The van der Waals surface area contributed by atoms with Crippen molar-refractivity contribution < 1.29 is 19.4 Å². The number of aromatic hydroxyl groups is 1. The van der Waals surface area contributed by atoms with Crippen molar-refractivity contribution >= 4 is 5.91 Å². The van der Waals surface area contributed by atoms with E-state index in [1.807, 2.05) is 41.3 Å². The van der Waals surface area contributed by atoms with Gasteiger partial charge in [0, 0.05) is 25.3 Å². The molecule has 0 bridgehead atoms. The maximum atomic E-state index is 12.9. The third-order valence-corrected chi connectivity index (χ3v) is 5.69. The number of benzene rings is 2. The lowest BCUT2D eigenvalue weighted by atomic mass is 9.89. The average molecular weight is 381 g/mol. The minimum atomic E-state index is 0.0618. The van der Waals surface area contributed by atoms with Crippen molar-refractivity contribution in [2.45, 2.75) is 37.7 Å². The summed E-state index contributed by atoms with van der Waals surface area (Å²) in [4.78, 5) is 14.8. The molecular formula is C23H27NO4. The number of carbonyl (C=O) groups is 1. The molecule has 0 aromatic heterocycles.